The molecule has 4 heteroatoms. The molecule has 0 heterocycles. The first-order chi connectivity index (χ1) is 9.19. The second kappa shape index (κ2) is 6.11. The molecule has 0 aliphatic rings. The first-order valence-electron chi connectivity index (χ1n) is 6.00. The second-order valence-corrected chi connectivity index (χ2v) is 4.21. The zero-order valence-electron chi connectivity index (χ0n) is 10.4. The molecule has 2 aromatic rings. The standard InChI is InChI=1S/C15H15FN2O/c16-14-3-1-2-13(8-14)15(19)18-10-12-6-4-11(9-17)5-7-12/h1-8H,9-10,17H2,(H,18,19). The van der Waals surface area contributed by atoms with Crippen LogP contribution >= 0.6 is 0 Å². The smallest absolute Gasteiger partial charge is 0.251 e. The topological polar surface area (TPSA) is 55.1 Å². The highest BCUT2D eigenvalue weighted by atomic mass is 19.1. The largest absolute Gasteiger partial charge is 0.348 e. The molecule has 0 radical (unpaired) electrons. The molecule has 2 rings (SSSR count). The van der Waals surface area contributed by atoms with E-state index in [2.05, 4.69) is 5.32 Å². The molecule has 2 aromatic carbocycles. The van der Waals surface area contributed by atoms with Gasteiger partial charge in [0.25, 0.3) is 5.91 Å². The van der Waals surface area contributed by atoms with E-state index < -0.39 is 5.82 Å². The molecule has 0 saturated carbocycles. The lowest BCUT2D eigenvalue weighted by Crippen LogP contribution is -2.22. The molecule has 0 unspecified atom stereocenters. The summed E-state index contributed by atoms with van der Waals surface area (Å²) >= 11 is 0. The van der Waals surface area contributed by atoms with Crippen molar-refractivity contribution in [1.82, 2.24) is 5.32 Å². The molecule has 0 aliphatic carbocycles. The maximum Gasteiger partial charge on any atom is 0.251 e. The van der Waals surface area contributed by atoms with Crippen LogP contribution in [0.4, 0.5) is 4.39 Å². The summed E-state index contributed by atoms with van der Waals surface area (Å²) in [6.07, 6.45) is 0. The number of carbonyl (C=O) groups excluding carboxylic acids is 1. The van der Waals surface area contributed by atoms with Crippen molar-refractivity contribution in [2.45, 2.75) is 13.1 Å². The highest BCUT2D eigenvalue weighted by molar-refractivity contribution is 5.94. The van der Waals surface area contributed by atoms with Crippen LogP contribution in [0, 0.1) is 5.82 Å². The monoisotopic (exact) mass is 258 g/mol. The lowest BCUT2D eigenvalue weighted by molar-refractivity contribution is 0.0950. The molecule has 0 spiro atoms. The van der Waals surface area contributed by atoms with Gasteiger partial charge in [-0.1, -0.05) is 30.3 Å². The number of rotatable bonds is 4. The Kier molecular flexibility index (Phi) is 4.26. The minimum Gasteiger partial charge on any atom is -0.348 e. The van der Waals surface area contributed by atoms with Gasteiger partial charge >= 0.3 is 0 Å². The van der Waals surface area contributed by atoms with E-state index in [9.17, 15) is 9.18 Å². The fourth-order valence-corrected chi connectivity index (χ4v) is 1.71. The molecular formula is C15H15FN2O. The third kappa shape index (κ3) is 3.63. The minimum atomic E-state index is -0.417. The van der Waals surface area contributed by atoms with Gasteiger partial charge < -0.3 is 11.1 Å². The Morgan fingerprint density at radius 2 is 1.79 bits per heavy atom. The average molecular weight is 258 g/mol. The summed E-state index contributed by atoms with van der Waals surface area (Å²) in [5.41, 5.74) is 7.84. The fraction of sp³-hybridized carbons (Fsp3) is 0.133. The Morgan fingerprint density at radius 1 is 1.11 bits per heavy atom. The molecule has 0 saturated heterocycles. The molecule has 0 atom stereocenters. The van der Waals surface area contributed by atoms with E-state index in [-0.39, 0.29) is 5.91 Å². The molecule has 0 aliphatic heterocycles. The Balaban J connectivity index is 1.96. The Morgan fingerprint density at radius 3 is 2.42 bits per heavy atom. The van der Waals surface area contributed by atoms with Gasteiger partial charge in [0.05, 0.1) is 0 Å². The van der Waals surface area contributed by atoms with Crippen molar-refractivity contribution in [2.75, 3.05) is 0 Å². The molecule has 1 amide bonds. The summed E-state index contributed by atoms with van der Waals surface area (Å²) in [5.74, 6) is -0.706. The quantitative estimate of drug-likeness (QED) is 0.883. The van der Waals surface area contributed by atoms with Crippen LogP contribution in [-0.4, -0.2) is 5.91 Å². The number of amides is 1. The van der Waals surface area contributed by atoms with E-state index in [4.69, 9.17) is 5.73 Å². The summed E-state index contributed by atoms with van der Waals surface area (Å²) < 4.78 is 13.0. The van der Waals surface area contributed by atoms with Gasteiger partial charge in [0, 0.05) is 18.7 Å². The lowest BCUT2D eigenvalue weighted by Gasteiger charge is -2.06. The van der Waals surface area contributed by atoms with Gasteiger partial charge in [0.2, 0.25) is 0 Å². The molecule has 0 fully saturated rings. The molecule has 0 bridgehead atoms. The van der Waals surface area contributed by atoms with Gasteiger partial charge in [-0.05, 0) is 29.3 Å². The van der Waals surface area contributed by atoms with Crippen molar-refractivity contribution in [3.05, 3.63) is 71.0 Å². The van der Waals surface area contributed by atoms with Gasteiger partial charge in [-0.25, -0.2) is 4.39 Å². The van der Waals surface area contributed by atoms with Crippen molar-refractivity contribution in [3.8, 4) is 0 Å². The van der Waals surface area contributed by atoms with Gasteiger partial charge in [0.15, 0.2) is 0 Å². The third-order valence-electron chi connectivity index (χ3n) is 2.80. The van der Waals surface area contributed by atoms with Crippen LogP contribution in [0.25, 0.3) is 0 Å². The van der Waals surface area contributed by atoms with Crippen molar-refractivity contribution < 1.29 is 9.18 Å². The number of carbonyl (C=O) groups is 1. The van der Waals surface area contributed by atoms with Crippen LogP contribution in [0.2, 0.25) is 0 Å². The zero-order valence-corrected chi connectivity index (χ0v) is 10.4. The van der Waals surface area contributed by atoms with Gasteiger partial charge in [-0.3, -0.25) is 4.79 Å². The maximum atomic E-state index is 13.0. The van der Waals surface area contributed by atoms with Crippen molar-refractivity contribution in [3.63, 3.8) is 0 Å². The van der Waals surface area contributed by atoms with Crippen LogP contribution in [0.1, 0.15) is 21.5 Å². The summed E-state index contributed by atoms with van der Waals surface area (Å²) in [6, 6.07) is 13.3. The van der Waals surface area contributed by atoms with Crippen molar-refractivity contribution in [1.29, 1.82) is 0 Å². The third-order valence-corrected chi connectivity index (χ3v) is 2.80. The Labute approximate surface area is 111 Å². The van der Waals surface area contributed by atoms with Crippen molar-refractivity contribution in [2.24, 2.45) is 5.73 Å². The van der Waals surface area contributed by atoms with E-state index in [1.165, 1.54) is 18.2 Å². The number of nitrogens with two attached hydrogens (primary N) is 1. The molecule has 3 N–H and O–H groups in total. The zero-order chi connectivity index (χ0) is 13.7. The highest BCUT2D eigenvalue weighted by Crippen LogP contribution is 2.06. The normalized spacial score (nSPS) is 10.2. The number of halogens is 1. The predicted molar refractivity (Wildman–Crippen MR) is 71.9 cm³/mol. The van der Waals surface area contributed by atoms with Crippen LogP contribution in [0.15, 0.2) is 48.5 Å². The predicted octanol–water partition coefficient (Wildman–Crippen LogP) is 2.21. The minimum absolute atomic E-state index is 0.289. The molecule has 19 heavy (non-hydrogen) atoms. The number of hydrogen-bond donors (Lipinski definition) is 2. The second-order valence-electron chi connectivity index (χ2n) is 4.21. The van der Waals surface area contributed by atoms with Gasteiger partial charge in [-0.15, -0.1) is 0 Å². The molecular weight excluding hydrogens is 243 g/mol. The van der Waals surface area contributed by atoms with Crippen LogP contribution in [0.3, 0.4) is 0 Å². The van der Waals surface area contributed by atoms with Crippen LogP contribution < -0.4 is 11.1 Å². The first kappa shape index (κ1) is 13.2. The molecule has 3 nitrogen and oxygen atoms in total. The Bertz CT molecular complexity index is 567. The van der Waals surface area contributed by atoms with Crippen LogP contribution in [0.5, 0.6) is 0 Å². The maximum absolute atomic E-state index is 13.0. The summed E-state index contributed by atoms with van der Waals surface area (Å²) in [4.78, 5) is 11.8. The highest BCUT2D eigenvalue weighted by Gasteiger charge is 2.05. The van der Waals surface area contributed by atoms with E-state index in [1.807, 2.05) is 24.3 Å². The number of benzene rings is 2. The SMILES string of the molecule is NCc1ccc(CNC(=O)c2cccc(F)c2)cc1. The summed E-state index contributed by atoms with van der Waals surface area (Å²) in [7, 11) is 0. The van der Waals surface area contributed by atoms with Gasteiger partial charge in [-0.2, -0.15) is 0 Å². The average Bonchev–Trinajstić information content (AvgIpc) is 2.45. The number of hydrogen-bond acceptors (Lipinski definition) is 2. The Hall–Kier alpha value is -2.20. The number of nitrogens with one attached hydrogen (secondary N) is 1. The van der Waals surface area contributed by atoms with E-state index in [0.717, 1.165) is 11.1 Å². The summed E-state index contributed by atoms with van der Waals surface area (Å²) in [5, 5.41) is 2.74. The fourth-order valence-electron chi connectivity index (χ4n) is 1.71. The lowest BCUT2D eigenvalue weighted by atomic mass is 10.1. The van der Waals surface area contributed by atoms with E-state index >= 15 is 0 Å². The van der Waals surface area contributed by atoms with Gasteiger partial charge in [0.1, 0.15) is 5.82 Å². The van der Waals surface area contributed by atoms with Crippen molar-refractivity contribution >= 4 is 5.91 Å². The summed E-state index contributed by atoms with van der Waals surface area (Å²) in [6.45, 7) is 0.899. The molecule has 98 valence electrons. The van der Waals surface area contributed by atoms with Crippen LogP contribution in [-0.2, 0) is 13.1 Å². The first-order valence-corrected chi connectivity index (χ1v) is 6.00. The van der Waals surface area contributed by atoms with E-state index in [0.29, 0.717) is 18.7 Å². The van der Waals surface area contributed by atoms with E-state index in [1.54, 1.807) is 6.07 Å². The molecule has 0 aromatic heterocycles.